The van der Waals surface area contributed by atoms with Gasteiger partial charge in [0.2, 0.25) is 0 Å². The molecule has 0 spiro atoms. The largest absolute Gasteiger partial charge is 0.573 e. The van der Waals surface area contributed by atoms with E-state index in [0.29, 0.717) is 18.7 Å². The van der Waals surface area contributed by atoms with Gasteiger partial charge in [-0.3, -0.25) is 4.98 Å². The van der Waals surface area contributed by atoms with Gasteiger partial charge in [-0.15, -0.1) is 13.2 Å². The lowest BCUT2D eigenvalue weighted by molar-refractivity contribution is -0.274. The number of nitrogens with one attached hydrogen (secondary N) is 2. The van der Waals surface area contributed by atoms with E-state index >= 15 is 0 Å². The number of urea groups is 1. The van der Waals surface area contributed by atoms with Gasteiger partial charge < -0.3 is 15.4 Å². The van der Waals surface area contributed by atoms with Crippen molar-refractivity contribution in [3.63, 3.8) is 0 Å². The first-order valence-electron chi connectivity index (χ1n) is 6.72. The Morgan fingerprint density at radius 1 is 1.17 bits per heavy atom. The summed E-state index contributed by atoms with van der Waals surface area (Å²) in [5.41, 5.74) is 1.35. The molecule has 8 heteroatoms. The molecule has 0 bridgehead atoms. The van der Waals surface area contributed by atoms with Crippen molar-refractivity contribution in [1.82, 2.24) is 10.3 Å². The Labute approximate surface area is 130 Å². The summed E-state index contributed by atoms with van der Waals surface area (Å²) in [4.78, 5) is 15.6. The lowest BCUT2D eigenvalue weighted by Gasteiger charge is -2.10. The zero-order valence-corrected chi connectivity index (χ0v) is 11.9. The van der Waals surface area contributed by atoms with Gasteiger partial charge in [0.05, 0.1) is 0 Å². The van der Waals surface area contributed by atoms with E-state index in [-0.39, 0.29) is 5.75 Å². The van der Waals surface area contributed by atoms with Crippen LogP contribution in [0.1, 0.15) is 5.56 Å². The van der Waals surface area contributed by atoms with E-state index in [9.17, 15) is 18.0 Å². The summed E-state index contributed by atoms with van der Waals surface area (Å²) in [5.74, 6) is -0.347. The SMILES string of the molecule is O=C(NCCc1cccnc1)Nc1ccc(OC(F)(F)F)cc1. The first-order valence-corrected chi connectivity index (χ1v) is 6.72. The number of hydrogen-bond acceptors (Lipinski definition) is 3. The molecule has 2 N–H and O–H groups in total. The second-order valence-electron chi connectivity index (χ2n) is 4.56. The highest BCUT2D eigenvalue weighted by Gasteiger charge is 2.30. The van der Waals surface area contributed by atoms with Gasteiger partial charge in [-0.1, -0.05) is 6.07 Å². The lowest BCUT2D eigenvalue weighted by Crippen LogP contribution is -2.30. The smallest absolute Gasteiger partial charge is 0.406 e. The molecule has 2 rings (SSSR count). The topological polar surface area (TPSA) is 63.2 Å². The average Bonchev–Trinajstić information content (AvgIpc) is 2.49. The number of rotatable bonds is 5. The molecule has 0 fully saturated rings. The van der Waals surface area contributed by atoms with Crippen molar-refractivity contribution in [2.75, 3.05) is 11.9 Å². The molecule has 1 aromatic carbocycles. The molecule has 0 saturated heterocycles. The van der Waals surface area contributed by atoms with Gasteiger partial charge in [0.25, 0.3) is 0 Å². The number of alkyl halides is 3. The number of carbonyl (C=O) groups excluding carboxylic acids is 1. The molecule has 1 heterocycles. The van der Waals surface area contributed by atoms with Crippen LogP contribution in [-0.4, -0.2) is 23.9 Å². The van der Waals surface area contributed by atoms with Gasteiger partial charge in [-0.25, -0.2) is 4.79 Å². The van der Waals surface area contributed by atoms with Crippen molar-refractivity contribution in [3.05, 3.63) is 54.4 Å². The monoisotopic (exact) mass is 325 g/mol. The zero-order valence-electron chi connectivity index (χ0n) is 11.9. The molecule has 0 radical (unpaired) electrons. The fourth-order valence-corrected chi connectivity index (χ4v) is 1.78. The maximum atomic E-state index is 12.0. The maximum Gasteiger partial charge on any atom is 0.573 e. The quantitative estimate of drug-likeness (QED) is 0.886. The Morgan fingerprint density at radius 2 is 1.91 bits per heavy atom. The third kappa shape index (κ3) is 6.25. The van der Waals surface area contributed by atoms with Crippen molar-refractivity contribution in [3.8, 4) is 5.75 Å². The van der Waals surface area contributed by atoms with E-state index in [4.69, 9.17) is 0 Å². The lowest BCUT2D eigenvalue weighted by atomic mass is 10.2. The summed E-state index contributed by atoms with van der Waals surface area (Å²) >= 11 is 0. The molecule has 0 atom stereocenters. The highest BCUT2D eigenvalue weighted by atomic mass is 19.4. The Hall–Kier alpha value is -2.77. The third-order valence-electron chi connectivity index (χ3n) is 2.77. The molecule has 1 aromatic heterocycles. The van der Waals surface area contributed by atoms with Crippen LogP contribution in [0.2, 0.25) is 0 Å². The van der Waals surface area contributed by atoms with Crippen LogP contribution >= 0.6 is 0 Å². The summed E-state index contributed by atoms with van der Waals surface area (Å²) in [6.45, 7) is 0.410. The van der Waals surface area contributed by atoms with Crippen LogP contribution < -0.4 is 15.4 Å². The zero-order chi connectivity index (χ0) is 16.7. The Kier molecular flexibility index (Phi) is 5.40. The first kappa shape index (κ1) is 16.6. The Bertz CT molecular complexity index is 631. The van der Waals surface area contributed by atoms with Crippen molar-refractivity contribution < 1.29 is 22.7 Å². The second kappa shape index (κ2) is 7.48. The highest BCUT2D eigenvalue weighted by molar-refractivity contribution is 5.89. The molecule has 0 aliphatic rings. The number of nitrogens with zero attached hydrogens (tertiary/aromatic N) is 1. The van der Waals surface area contributed by atoms with Crippen LogP contribution in [0.4, 0.5) is 23.7 Å². The van der Waals surface area contributed by atoms with Gasteiger partial charge in [0.15, 0.2) is 0 Å². The van der Waals surface area contributed by atoms with E-state index in [2.05, 4.69) is 20.4 Å². The number of amides is 2. The van der Waals surface area contributed by atoms with Crippen molar-refractivity contribution in [1.29, 1.82) is 0 Å². The number of halogens is 3. The summed E-state index contributed by atoms with van der Waals surface area (Å²) in [6.07, 6.45) is -0.743. The van der Waals surface area contributed by atoms with Crippen LogP contribution in [-0.2, 0) is 6.42 Å². The van der Waals surface area contributed by atoms with Gasteiger partial charge >= 0.3 is 12.4 Å². The molecule has 5 nitrogen and oxygen atoms in total. The van der Waals surface area contributed by atoms with E-state index < -0.39 is 12.4 Å². The van der Waals surface area contributed by atoms with Crippen LogP contribution in [0.25, 0.3) is 0 Å². The number of carbonyl (C=O) groups is 1. The standard InChI is InChI=1S/C15H14F3N3O2/c16-15(17,18)23-13-5-3-12(4-6-13)21-14(22)20-9-7-11-2-1-8-19-10-11/h1-6,8,10H,7,9H2,(H2,20,21,22). The van der Waals surface area contributed by atoms with E-state index in [1.165, 1.54) is 12.1 Å². The molecule has 0 aliphatic heterocycles. The molecular weight excluding hydrogens is 311 g/mol. The van der Waals surface area contributed by atoms with Gasteiger partial charge in [-0.05, 0) is 42.3 Å². The Morgan fingerprint density at radius 3 is 2.52 bits per heavy atom. The molecule has 23 heavy (non-hydrogen) atoms. The first-order chi connectivity index (χ1) is 10.9. The predicted molar refractivity (Wildman–Crippen MR) is 78.1 cm³/mol. The normalized spacial score (nSPS) is 10.9. The van der Waals surface area contributed by atoms with E-state index in [1.54, 1.807) is 18.5 Å². The number of anilines is 1. The molecule has 0 unspecified atom stereocenters. The van der Waals surface area contributed by atoms with Crippen LogP contribution in [0.3, 0.4) is 0 Å². The predicted octanol–water partition coefficient (Wildman–Crippen LogP) is 3.34. The van der Waals surface area contributed by atoms with E-state index in [1.807, 2.05) is 6.07 Å². The van der Waals surface area contributed by atoms with Gasteiger partial charge in [0, 0.05) is 24.6 Å². The molecule has 2 aromatic rings. The summed E-state index contributed by atoms with van der Waals surface area (Å²) in [5, 5.41) is 5.16. The fourth-order valence-electron chi connectivity index (χ4n) is 1.78. The van der Waals surface area contributed by atoms with Crippen molar-refractivity contribution in [2.24, 2.45) is 0 Å². The van der Waals surface area contributed by atoms with Gasteiger partial charge in [-0.2, -0.15) is 0 Å². The number of aromatic nitrogens is 1. The van der Waals surface area contributed by atoms with Crippen LogP contribution in [0, 0.1) is 0 Å². The maximum absolute atomic E-state index is 12.0. The molecule has 0 aliphatic carbocycles. The van der Waals surface area contributed by atoms with Crippen LogP contribution in [0.15, 0.2) is 48.8 Å². The summed E-state index contributed by atoms with van der Waals surface area (Å²) in [7, 11) is 0. The molecule has 0 saturated carbocycles. The second-order valence-corrected chi connectivity index (χ2v) is 4.56. The number of pyridine rings is 1. The van der Waals surface area contributed by atoms with Crippen LogP contribution in [0.5, 0.6) is 5.75 Å². The van der Waals surface area contributed by atoms with E-state index in [0.717, 1.165) is 17.7 Å². The molecule has 122 valence electrons. The van der Waals surface area contributed by atoms with Crippen molar-refractivity contribution >= 4 is 11.7 Å². The fraction of sp³-hybridized carbons (Fsp3) is 0.200. The highest BCUT2D eigenvalue weighted by Crippen LogP contribution is 2.23. The number of ether oxygens (including phenoxy) is 1. The molecule has 2 amide bonds. The average molecular weight is 325 g/mol. The number of hydrogen-bond donors (Lipinski definition) is 2. The molecular formula is C15H14F3N3O2. The van der Waals surface area contributed by atoms with Crippen molar-refractivity contribution in [2.45, 2.75) is 12.8 Å². The summed E-state index contributed by atoms with van der Waals surface area (Å²) < 4.78 is 39.8. The minimum absolute atomic E-state index is 0.347. The van der Waals surface area contributed by atoms with Gasteiger partial charge in [0.1, 0.15) is 5.75 Å². The minimum Gasteiger partial charge on any atom is -0.406 e. The Balaban J connectivity index is 1.76. The third-order valence-corrected chi connectivity index (χ3v) is 2.77. The minimum atomic E-state index is -4.74. The summed E-state index contributed by atoms with van der Waals surface area (Å²) in [6, 6.07) is 8.14. The number of benzene rings is 1.